The normalized spacial score (nSPS) is 11.9. The first kappa shape index (κ1) is 18.7. The molecule has 2 heterocycles. The second-order valence-electron chi connectivity index (χ2n) is 5.74. The molecular formula is C17H15ClF3N3OS. The van der Waals surface area contributed by atoms with Gasteiger partial charge in [-0.1, -0.05) is 29.8 Å². The third-order valence-corrected chi connectivity index (χ3v) is 5.52. The molecule has 0 spiro atoms. The molecule has 0 fully saturated rings. The highest BCUT2D eigenvalue weighted by molar-refractivity contribution is 7.21. The standard InChI is InChI=1S/C17H15ClF3N3OS/c1-10-9-13(17(19,20)21)23-24(10)8-4-7-22-16(25)15-14(18)11-5-2-3-6-12(11)26-15/h2-3,5-6,9H,4,7-8H2,1H3,(H,22,25). The molecule has 0 bridgehead atoms. The van der Waals surface area contributed by atoms with Crippen molar-refractivity contribution in [1.29, 1.82) is 0 Å². The SMILES string of the molecule is Cc1cc(C(F)(F)F)nn1CCCNC(=O)c1sc2ccccc2c1Cl. The van der Waals surface area contributed by atoms with Crippen molar-refractivity contribution in [2.45, 2.75) is 26.1 Å². The van der Waals surface area contributed by atoms with Crippen molar-refractivity contribution in [3.63, 3.8) is 0 Å². The number of halogens is 4. The fourth-order valence-electron chi connectivity index (χ4n) is 2.55. The van der Waals surface area contributed by atoms with Crippen molar-refractivity contribution in [2.75, 3.05) is 6.54 Å². The molecule has 138 valence electrons. The Hall–Kier alpha value is -2.06. The van der Waals surface area contributed by atoms with E-state index in [1.165, 1.54) is 16.0 Å². The van der Waals surface area contributed by atoms with Gasteiger partial charge in [-0.2, -0.15) is 18.3 Å². The molecule has 1 N–H and O–H groups in total. The van der Waals surface area contributed by atoms with Crippen molar-refractivity contribution >= 4 is 38.9 Å². The number of hydrogen-bond donors (Lipinski definition) is 1. The molecule has 1 aromatic carbocycles. The van der Waals surface area contributed by atoms with Gasteiger partial charge in [-0.3, -0.25) is 9.48 Å². The maximum absolute atomic E-state index is 12.6. The van der Waals surface area contributed by atoms with Crippen molar-refractivity contribution in [1.82, 2.24) is 15.1 Å². The Bertz CT molecular complexity index is 949. The van der Waals surface area contributed by atoms with Crippen LogP contribution in [0.3, 0.4) is 0 Å². The van der Waals surface area contributed by atoms with E-state index in [-0.39, 0.29) is 12.5 Å². The number of aryl methyl sites for hydroxylation is 2. The van der Waals surface area contributed by atoms with Gasteiger partial charge in [0.1, 0.15) is 4.88 Å². The van der Waals surface area contributed by atoms with Gasteiger partial charge in [0.15, 0.2) is 5.69 Å². The number of alkyl halides is 3. The van der Waals surface area contributed by atoms with Crippen LogP contribution in [0.4, 0.5) is 13.2 Å². The molecule has 0 aliphatic carbocycles. The number of nitrogens with one attached hydrogen (secondary N) is 1. The summed E-state index contributed by atoms with van der Waals surface area (Å²) in [5, 5.41) is 7.56. The van der Waals surface area contributed by atoms with E-state index in [0.29, 0.717) is 28.6 Å². The monoisotopic (exact) mass is 401 g/mol. The van der Waals surface area contributed by atoms with E-state index in [1.54, 1.807) is 6.92 Å². The maximum Gasteiger partial charge on any atom is 0.435 e. The maximum atomic E-state index is 12.6. The summed E-state index contributed by atoms with van der Waals surface area (Å²) in [7, 11) is 0. The van der Waals surface area contributed by atoms with Gasteiger partial charge in [0, 0.05) is 28.9 Å². The first-order valence-electron chi connectivity index (χ1n) is 7.84. The van der Waals surface area contributed by atoms with E-state index in [1.807, 2.05) is 24.3 Å². The van der Waals surface area contributed by atoms with Gasteiger partial charge in [-0.15, -0.1) is 11.3 Å². The van der Waals surface area contributed by atoms with Crippen LogP contribution in [-0.4, -0.2) is 22.2 Å². The number of fused-ring (bicyclic) bond motifs is 1. The van der Waals surface area contributed by atoms with Crippen LogP contribution in [0.1, 0.15) is 27.5 Å². The summed E-state index contributed by atoms with van der Waals surface area (Å²) in [4.78, 5) is 12.7. The summed E-state index contributed by atoms with van der Waals surface area (Å²) in [5.41, 5.74) is -0.479. The summed E-state index contributed by atoms with van der Waals surface area (Å²) >= 11 is 7.56. The molecule has 4 nitrogen and oxygen atoms in total. The van der Waals surface area contributed by atoms with Gasteiger partial charge >= 0.3 is 6.18 Å². The molecule has 0 saturated heterocycles. The zero-order valence-corrected chi connectivity index (χ0v) is 15.3. The van der Waals surface area contributed by atoms with E-state index in [0.717, 1.165) is 16.2 Å². The van der Waals surface area contributed by atoms with Crippen LogP contribution in [-0.2, 0) is 12.7 Å². The fraction of sp³-hybridized carbons (Fsp3) is 0.294. The average molecular weight is 402 g/mol. The van der Waals surface area contributed by atoms with Crippen molar-refractivity contribution in [3.05, 3.63) is 51.6 Å². The number of hydrogen-bond acceptors (Lipinski definition) is 3. The van der Waals surface area contributed by atoms with Crippen LogP contribution in [0.25, 0.3) is 10.1 Å². The van der Waals surface area contributed by atoms with Gasteiger partial charge in [-0.05, 0) is 25.5 Å². The highest BCUT2D eigenvalue weighted by Crippen LogP contribution is 2.35. The topological polar surface area (TPSA) is 46.9 Å². The van der Waals surface area contributed by atoms with E-state index in [9.17, 15) is 18.0 Å². The predicted octanol–water partition coefficient (Wildman–Crippen LogP) is 4.90. The van der Waals surface area contributed by atoms with Gasteiger partial charge < -0.3 is 5.32 Å². The Morgan fingerprint density at radius 3 is 2.73 bits per heavy atom. The van der Waals surface area contributed by atoms with E-state index < -0.39 is 11.9 Å². The van der Waals surface area contributed by atoms with Crippen LogP contribution in [0.15, 0.2) is 30.3 Å². The predicted molar refractivity (Wildman–Crippen MR) is 95.8 cm³/mol. The Kier molecular flexibility index (Phi) is 5.24. The third-order valence-electron chi connectivity index (χ3n) is 3.85. The van der Waals surface area contributed by atoms with Gasteiger partial charge in [-0.25, -0.2) is 0 Å². The first-order chi connectivity index (χ1) is 12.3. The average Bonchev–Trinajstić information content (AvgIpc) is 3.12. The van der Waals surface area contributed by atoms with Gasteiger partial charge in [0.2, 0.25) is 0 Å². The quantitative estimate of drug-likeness (QED) is 0.618. The lowest BCUT2D eigenvalue weighted by Crippen LogP contribution is -2.25. The molecule has 0 aliphatic rings. The number of amides is 1. The Morgan fingerprint density at radius 2 is 2.08 bits per heavy atom. The molecule has 0 saturated carbocycles. The van der Waals surface area contributed by atoms with Gasteiger partial charge in [0.25, 0.3) is 5.91 Å². The summed E-state index contributed by atoms with van der Waals surface area (Å²) in [6, 6.07) is 8.48. The van der Waals surface area contributed by atoms with Crippen molar-refractivity contribution in [3.8, 4) is 0 Å². The Morgan fingerprint density at radius 1 is 1.35 bits per heavy atom. The Balaban J connectivity index is 1.57. The Labute approximate surface area is 156 Å². The zero-order chi connectivity index (χ0) is 18.9. The first-order valence-corrected chi connectivity index (χ1v) is 9.03. The minimum absolute atomic E-state index is 0.280. The molecule has 0 unspecified atom stereocenters. The van der Waals surface area contributed by atoms with Crippen LogP contribution in [0, 0.1) is 6.92 Å². The molecular weight excluding hydrogens is 387 g/mol. The van der Waals surface area contributed by atoms with Gasteiger partial charge in [0.05, 0.1) is 5.02 Å². The molecule has 9 heteroatoms. The van der Waals surface area contributed by atoms with Crippen LogP contribution in [0.5, 0.6) is 0 Å². The minimum atomic E-state index is -4.46. The van der Waals surface area contributed by atoms with E-state index in [2.05, 4.69) is 10.4 Å². The molecule has 1 amide bonds. The van der Waals surface area contributed by atoms with E-state index >= 15 is 0 Å². The molecule has 3 aromatic rings. The highest BCUT2D eigenvalue weighted by atomic mass is 35.5. The number of benzene rings is 1. The highest BCUT2D eigenvalue weighted by Gasteiger charge is 2.34. The second kappa shape index (κ2) is 7.28. The van der Waals surface area contributed by atoms with Crippen LogP contribution < -0.4 is 5.32 Å². The zero-order valence-electron chi connectivity index (χ0n) is 13.7. The van der Waals surface area contributed by atoms with Crippen molar-refractivity contribution < 1.29 is 18.0 Å². The number of nitrogens with zero attached hydrogens (tertiary/aromatic N) is 2. The summed E-state index contributed by atoms with van der Waals surface area (Å²) in [6.45, 7) is 2.16. The molecule has 0 atom stereocenters. The lowest BCUT2D eigenvalue weighted by molar-refractivity contribution is -0.141. The summed E-state index contributed by atoms with van der Waals surface area (Å²) < 4.78 is 40.2. The van der Waals surface area contributed by atoms with Crippen molar-refractivity contribution in [2.24, 2.45) is 0 Å². The smallest absolute Gasteiger partial charge is 0.351 e. The number of aromatic nitrogens is 2. The minimum Gasteiger partial charge on any atom is -0.351 e. The van der Waals surface area contributed by atoms with Crippen LogP contribution in [0.2, 0.25) is 5.02 Å². The molecule has 2 aromatic heterocycles. The lowest BCUT2D eigenvalue weighted by atomic mass is 10.2. The number of carbonyl (C=O) groups excluding carboxylic acids is 1. The van der Waals surface area contributed by atoms with Crippen LogP contribution >= 0.6 is 22.9 Å². The molecule has 26 heavy (non-hydrogen) atoms. The lowest BCUT2D eigenvalue weighted by Gasteiger charge is -2.06. The number of carbonyl (C=O) groups is 1. The fourth-order valence-corrected chi connectivity index (χ4v) is 3.98. The largest absolute Gasteiger partial charge is 0.435 e. The number of thiophene rings is 1. The summed E-state index contributed by atoms with van der Waals surface area (Å²) in [5.74, 6) is -0.288. The third kappa shape index (κ3) is 3.86. The van der Waals surface area contributed by atoms with E-state index in [4.69, 9.17) is 11.6 Å². The molecule has 0 aliphatic heterocycles. The molecule has 3 rings (SSSR count). The molecule has 0 radical (unpaired) electrons. The number of rotatable bonds is 5. The summed E-state index contributed by atoms with van der Waals surface area (Å²) in [6.07, 6.45) is -4.00. The second-order valence-corrected chi connectivity index (χ2v) is 7.17.